The van der Waals surface area contributed by atoms with E-state index in [1.54, 1.807) is 37.3 Å². The summed E-state index contributed by atoms with van der Waals surface area (Å²) in [6, 6.07) is 11.2. The minimum Gasteiger partial charge on any atom is -0.464 e. The third kappa shape index (κ3) is 3.94. The molecule has 1 aliphatic heterocycles. The molecular weight excluding hydrogens is 391 g/mol. The highest BCUT2D eigenvalue weighted by molar-refractivity contribution is 6.22. The third-order valence-corrected chi connectivity index (χ3v) is 4.84. The second-order valence-electron chi connectivity index (χ2n) is 6.75. The third-order valence-electron chi connectivity index (χ3n) is 4.84. The standard InChI is InChI=1S/C22H21FN2O5/c1-3-30-22(29)18(17(23)14-9-5-4-6-10-14)24-19(26)13(2)25-20(27)15-11-7-8-12-16(15)21(25)28/h4-13,17-18H,3H2,1-2H3,(H,24,26)/t13-,17?,18?/m0/s1. The van der Waals surface area contributed by atoms with Gasteiger partial charge in [0, 0.05) is 0 Å². The number of rotatable bonds is 7. The van der Waals surface area contributed by atoms with E-state index in [1.807, 2.05) is 0 Å². The molecule has 30 heavy (non-hydrogen) atoms. The second-order valence-corrected chi connectivity index (χ2v) is 6.75. The van der Waals surface area contributed by atoms with Crippen LogP contribution in [0.1, 0.15) is 46.3 Å². The molecule has 1 N–H and O–H groups in total. The molecule has 0 radical (unpaired) electrons. The number of carbonyl (C=O) groups is 4. The molecule has 7 nitrogen and oxygen atoms in total. The molecule has 0 aliphatic carbocycles. The molecule has 3 amide bonds. The van der Waals surface area contributed by atoms with E-state index in [-0.39, 0.29) is 23.3 Å². The number of carbonyl (C=O) groups excluding carboxylic acids is 4. The Labute approximate surface area is 172 Å². The van der Waals surface area contributed by atoms with Crippen molar-refractivity contribution in [3.8, 4) is 0 Å². The lowest BCUT2D eigenvalue weighted by molar-refractivity contribution is -0.149. The predicted molar refractivity (Wildman–Crippen MR) is 105 cm³/mol. The van der Waals surface area contributed by atoms with Crippen LogP contribution in [0.3, 0.4) is 0 Å². The molecule has 0 fully saturated rings. The number of amides is 3. The van der Waals surface area contributed by atoms with Gasteiger partial charge in [0.05, 0.1) is 17.7 Å². The Hall–Kier alpha value is -3.55. The lowest BCUT2D eigenvalue weighted by Crippen LogP contribution is -2.53. The van der Waals surface area contributed by atoms with Crippen molar-refractivity contribution in [1.82, 2.24) is 10.2 Å². The first-order valence-electron chi connectivity index (χ1n) is 9.49. The molecule has 0 saturated heterocycles. The first-order chi connectivity index (χ1) is 14.4. The number of fused-ring (bicyclic) bond motifs is 1. The van der Waals surface area contributed by atoms with Crippen LogP contribution >= 0.6 is 0 Å². The van der Waals surface area contributed by atoms with Gasteiger partial charge in [-0.25, -0.2) is 9.18 Å². The van der Waals surface area contributed by atoms with Crippen LogP contribution in [-0.2, 0) is 14.3 Å². The van der Waals surface area contributed by atoms with Crippen LogP contribution in [-0.4, -0.2) is 47.3 Å². The number of nitrogens with zero attached hydrogens (tertiary/aromatic N) is 1. The fraction of sp³-hybridized carbons (Fsp3) is 0.273. The second kappa shape index (κ2) is 8.86. The van der Waals surface area contributed by atoms with E-state index in [9.17, 15) is 19.2 Å². The van der Waals surface area contributed by atoms with Gasteiger partial charge in [-0.15, -0.1) is 0 Å². The molecular formula is C22H21FN2O5. The van der Waals surface area contributed by atoms with Crippen molar-refractivity contribution in [1.29, 1.82) is 0 Å². The van der Waals surface area contributed by atoms with Crippen LogP contribution in [0.15, 0.2) is 54.6 Å². The average molecular weight is 412 g/mol. The Bertz CT molecular complexity index is 944. The molecule has 8 heteroatoms. The number of halogens is 1. The molecule has 0 saturated carbocycles. The summed E-state index contributed by atoms with van der Waals surface area (Å²) in [6.07, 6.45) is -1.87. The van der Waals surface area contributed by atoms with Crippen LogP contribution in [0, 0.1) is 0 Å². The quantitative estimate of drug-likeness (QED) is 0.557. The SMILES string of the molecule is CCOC(=O)C(NC(=O)[C@H](C)N1C(=O)c2ccccc2C1=O)C(F)c1ccccc1. The van der Waals surface area contributed by atoms with Crippen LogP contribution < -0.4 is 5.32 Å². The molecule has 3 rings (SSSR count). The number of hydrogen-bond donors (Lipinski definition) is 1. The maximum atomic E-state index is 15.1. The molecule has 2 aromatic rings. The molecule has 1 heterocycles. The summed E-state index contributed by atoms with van der Waals surface area (Å²) >= 11 is 0. The Morgan fingerprint density at radius 3 is 2.07 bits per heavy atom. The summed E-state index contributed by atoms with van der Waals surface area (Å²) in [5.41, 5.74) is 0.567. The normalized spacial score (nSPS) is 15.9. The number of benzene rings is 2. The summed E-state index contributed by atoms with van der Waals surface area (Å²) in [4.78, 5) is 51.1. The molecule has 2 unspecified atom stereocenters. The monoisotopic (exact) mass is 412 g/mol. The Morgan fingerprint density at radius 2 is 1.53 bits per heavy atom. The smallest absolute Gasteiger partial charge is 0.332 e. The lowest BCUT2D eigenvalue weighted by atomic mass is 10.0. The van der Waals surface area contributed by atoms with Crippen molar-refractivity contribution < 1.29 is 28.3 Å². The van der Waals surface area contributed by atoms with Crippen LogP contribution in [0.5, 0.6) is 0 Å². The van der Waals surface area contributed by atoms with E-state index >= 15 is 4.39 Å². The van der Waals surface area contributed by atoms with Crippen molar-refractivity contribution in [3.05, 3.63) is 71.3 Å². The van der Waals surface area contributed by atoms with Gasteiger partial charge in [-0.2, -0.15) is 0 Å². The summed E-state index contributed by atoms with van der Waals surface area (Å²) in [7, 11) is 0. The molecule has 2 aromatic carbocycles. The summed E-state index contributed by atoms with van der Waals surface area (Å²) < 4.78 is 20.0. The fourth-order valence-electron chi connectivity index (χ4n) is 3.26. The summed E-state index contributed by atoms with van der Waals surface area (Å²) in [6.45, 7) is 2.91. The van der Waals surface area contributed by atoms with Crippen LogP contribution in [0.2, 0.25) is 0 Å². The topological polar surface area (TPSA) is 92.8 Å². The predicted octanol–water partition coefficient (Wildman–Crippen LogP) is 2.43. The number of hydrogen-bond acceptors (Lipinski definition) is 5. The molecule has 0 spiro atoms. The van der Waals surface area contributed by atoms with E-state index in [0.29, 0.717) is 0 Å². The highest BCUT2D eigenvalue weighted by Gasteiger charge is 2.42. The van der Waals surface area contributed by atoms with Gasteiger partial charge in [0.25, 0.3) is 11.8 Å². The number of nitrogens with one attached hydrogen (secondary N) is 1. The zero-order valence-electron chi connectivity index (χ0n) is 16.5. The molecule has 0 aromatic heterocycles. The molecule has 0 bridgehead atoms. The van der Waals surface area contributed by atoms with Crippen molar-refractivity contribution in [2.75, 3.05) is 6.61 Å². The lowest BCUT2D eigenvalue weighted by Gasteiger charge is -2.26. The van der Waals surface area contributed by atoms with Crippen molar-refractivity contribution >= 4 is 23.7 Å². The maximum absolute atomic E-state index is 15.1. The first-order valence-corrected chi connectivity index (χ1v) is 9.49. The van der Waals surface area contributed by atoms with Gasteiger partial charge in [-0.3, -0.25) is 19.3 Å². The van der Waals surface area contributed by atoms with E-state index in [4.69, 9.17) is 4.74 Å². The number of esters is 1. The Kier molecular flexibility index (Phi) is 6.25. The van der Waals surface area contributed by atoms with E-state index < -0.39 is 41.9 Å². The zero-order chi connectivity index (χ0) is 21.8. The van der Waals surface area contributed by atoms with Crippen molar-refractivity contribution in [3.63, 3.8) is 0 Å². The average Bonchev–Trinajstić information content (AvgIpc) is 3.02. The van der Waals surface area contributed by atoms with Gasteiger partial charge in [0.2, 0.25) is 5.91 Å². The zero-order valence-corrected chi connectivity index (χ0v) is 16.5. The highest BCUT2D eigenvalue weighted by Crippen LogP contribution is 2.26. The van der Waals surface area contributed by atoms with E-state index in [1.165, 1.54) is 31.2 Å². The molecule has 3 atom stereocenters. The maximum Gasteiger partial charge on any atom is 0.332 e. The number of alkyl halides is 1. The number of ether oxygens (including phenoxy) is 1. The largest absolute Gasteiger partial charge is 0.464 e. The molecule has 156 valence electrons. The van der Waals surface area contributed by atoms with Gasteiger partial charge >= 0.3 is 5.97 Å². The summed E-state index contributed by atoms with van der Waals surface area (Å²) in [5.74, 6) is -3.03. The number of imide groups is 1. The Morgan fingerprint density at radius 1 is 1.00 bits per heavy atom. The van der Waals surface area contributed by atoms with Crippen LogP contribution in [0.25, 0.3) is 0 Å². The fourth-order valence-corrected chi connectivity index (χ4v) is 3.26. The van der Waals surface area contributed by atoms with Gasteiger partial charge in [-0.05, 0) is 31.5 Å². The van der Waals surface area contributed by atoms with Gasteiger partial charge in [0.15, 0.2) is 12.2 Å². The molecule has 1 aliphatic rings. The van der Waals surface area contributed by atoms with Gasteiger partial charge < -0.3 is 10.1 Å². The van der Waals surface area contributed by atoms with Crippen molar-refractivity contribution in [2.24, 2.45) is 0 Å². The Balaban J connectivity index is 1.81. The van der Waals surface area contributed by atoms with Crippen molar-refractivity contribution in [2.45, 2.75) is 32.1 Å². The van der Waals surface area contributed by atoms with Gasteiger partial charge in [-0.1, -0.05) is 42.5 Å². The highest BCUT2D eigenvalue weighted by atomic mass is 19.1. The summed E-state index contributed by atoms with van der Waals surface area (Å²) in [5, 5.41) is 2.31. The van der Waals surface area contributed by atoms with Crippen LogP contribution in [0.4, 0.5) is 4.39 Å². The van der Waals surface area contributed by atoms with E-state index in [0.717, 1.165) is 4.90 Å². The van der Waals surface area contributed by atoms with E-state index in [2.05, 4.69) is 5.32 Å². The minimum absolute atomic E-state index is 0.000668. The minimum atomic E-state index is -1.87. The van der Waals surface area contributed by atoms with Gasteiger partial charge in [0.1, 0.15) is 6.04 Å². The first kappa shape index (κ1) is 21.2.